The fourth-order valence-corrected chi connectivity index (χ4v) is 3.32. The SMILES string of the molecule is NC(N)=NCCCC(NC(=O)C1CCCN1)C(=O)NC(CS)C(=O)NC(CC(=O)O)C(=O)O. The summed E-state index contributed by atoms with van der Waals surface area (Å²) < 4.78 is 0. The minimum absolute atomic E-state index is 0.114. The first-order valence-corrected chi connectivity index (χ1v) is 10.9. The van der Waals surface area contributed by atoms with Crippen LogP contribution >= 0.6 is 12.6 Å². The second kappa shape index (κ2) is 14.2. The van der Waals surface area contributed by atoms with Gasteiger partial charge in [-0.1, -0.05) is 0 Å². The first-order valence-electron chi connectivity index (χ1n) is 10.3. The second-order valence-corrected chi connectivity index (χ2v) is 7.77. The number of carboxylic acid groups (broad SMARTS) is 2. The number of carbonyl (C=O) groups excluding carboxylic acids is 3. The summed E-state index contributed by atoms with van der Waals surface area (Å²) in [5.74, 6) is -5.25. The summed E-state index contributed by atoms with van der Waals surface area (Å²) in [6.45, 7) is 0.901. The highest BCUT2D eigenvalue weighted by Gasteiger charge is 2.31. The minimum Gasteiger partial charge on any atom is -0.481 e. The van der Waals surface area contributed by atoms with E-state index >= 15 is 0 Å². The largest absolute Gasteiger partial charge is 0.481 e. The highest BCUT2D eigenvalue weighted by atomic mass is 32.1. The lowest BCUT2D eigenvalue weighted by atomic mass is 10.1. The molecular weight excluding hydrogens is 458 g/mol. The van der Waals surface area contributed by atoms with E-state index in [2.05, 4.69) is 38.9 Å². The van der Waals surface area contributed by atoms with E-state index in [9.17, 15) is 24.0 Å². The molecule has 1 aliphatic rings. The van der Waals surface area contributed by atoms with Crippen LogP contribution in [0.4, 0.5) is 0 Å². The number of nitrogens with zero attached hydrogens (tertiary/aromatic N) is 1. The Morgan fingerprint density at radius 1 is 1.03 bits per heavy atom. The van der Waals surface area contributed by atoms with Gasteiger partial charge in [-0.05, 0) is 32.2 Å². The van der Waals surface area contributed by atoms with Gasteiger partial charge in [0.1, 0.15) is 18.1 Å². The van der Waals surface area contributed by atoms with Gasteiger partial charge >= 0.3 is 11.9 Å². The zero-order chi connectivity index (χ0) is 25.0. The van der Waals surface area contributed by atoms with Gasteiger partial charge in [-0.15, -0.1) is 0 Å². The van der Waals surface area contributed by atoms with Crippen molar-refractivity contribution in [2.75, 3.05) is 18.8 Å². The van der Waals surface area contributed by atoms with Crippen molar-refractivity contribution in [3.8, 4) is 0 Å². The summed E-state index contributed by atoms with van der Waals surface area (Å²) in [7, 11) is 0. The number of rotatable bonds is 14. The Balaban J connectivity index is 2.83. The van der Waals surface area contributed by atoms with Crippen molar-refractivity contribution in [1.82, 2.24) is 21.3 Å². The Hall–Kier alpha value is -3.07. The lowest BCUT2D eigenvalue weighted by Crippen LogP contribution is -2.57. The molecule has 1 aliphatic heterocycles. The Labute approximate surface area is 195 Å². The Morgan fingerprint density at radius 2 is 1.67 bits per heavy atom. The molecule has 0 aromatic rings. The van der Waals surface area contributed by atoms with Gasteiger partial charge in [0.15, 0.2) is 5.96 Å². The van der Waals surface area contributed by atoms with Gasteiger partial charge < -0.3 is 42.9 Å². The molecule has 14 nitrogen and oxygen atoms in total. The van der Waals surface area contributed by atoms with Crippen LogP contribution in [0.2, 0.25) is 0 Å². The van der Waals surface area contributed by atoms with Gasteiger partial charge in [0.2, 0.25) is 17.7 Å². The van der Waals surface area contributed by atoms with Crippen LogP contribution in [0.3, 0.4) is 0 Å². The number of guanidine groups is 1. The number of aliphatic imine (C=N–C) groups is 1. The van der Waals surface area contributed by atoms with Crippen molar-refractivity contribution in [2.45, 2.75) is 56.3 Å². The van der Waals surface area contributed by atoms with Crippen molar-refractivity contribution in [2.24, 2.45) is 16.5 Å². The van der Waals surface area contributed by atoms with E-state index in [-0.39, 0.29) is 30.6 Å². The monoisotopic (exact) mass is 489 g/mol. The predicted molar refractivity (Wildman–Crippen MR) is 120 cm³/mol. The third kappa shape index (κ3) is 10.4. The van der Waals surface area contributed by atoms with Crippen LogP contribution in [0.15, 0.2) is 4.99 Å². The summed E-state index contributed by atoms with van der Waals surface area (Å²) >= 11 is 4.01. The molecule has 0 bridgehead atoms. The smallest absolute Gasteiger partial charge is 0.326 e. The molecule has 33 heavy (non-hydrogen) atoms. The van der Waals surface area contributed by atoms with Crippen LogP contribution in [0.1, 0.15) is 32.1 Å². The normalized spacial score (nSPS) is 17.8. The predicted octanol–water partition coefficient (Wildman–Crippen LogP) is -3.26. The van der Waals surface area contributed by atoms with E-state index in [1.807, 2.05) is 0 Å². The van der Waals surface area contributed by atoms with Gasteiger partial charge in [-0.2, -0.15) is 12.6 Å². The highest BCUT2D eigenvalue weighted by Crippen LogP contribution is 2.07. The van der Waals surface area contributed by atoms with E-state index in [0.29, 0.717) is 19.4 Å². The number of carbonyl (C=O) groups is 5. The molecule has 1 rings (SSSR count). The average molecular weight is 490 g/mol. The number of thiol groups is 1. The zero-order valence-electron chi connectivity index (χ0n) is 18.0. The molecule has 4 atom stereocenters. The molecule has 0 aromatic heterocycles. The van der Waals surface area contributed by atoms with Crippen molar-refractivity contribution in [3.63, 3.8) is 0 Å². The number of hydrogen-bond donors (Lipinski definition) is 9. The number of aliphatic carboxylic acids is 2. The first-order chi connectivity index (χ1) is 15.5. The molecule has 3 amide bonds. The van der Waals surface area contributed by atoms with Gasteiger partial charge in [0.25, 0.3) is 0 Å². The molecule has 10 N–H and O–H groups in total. The maximum absolute atomic E-state index is 12.8. The van der Waals surface area contributed by atoms with Gasteiger partial charge in [0, 0.05) is 12.3 Å². The van der Waals surface area contributed by atoms with Crippen LogP contribution in [-0.4, -0.2) is 88.8 Å². The summed E-state index contributed by atoms with van der Waals surface area (Å²) in [6.07, 6.45) is 1.12. The molecular formula is C18H31N7O7S. The fraction of sp³-hybridized carbons (Fsp3) is 0.667. The molecule has 4 unspecified atom stereocenters. The summed E-state index contributed by atoms with van der Waals surface area (Å²) in [5.41, 5.74) is 10.6. The van der Waals surface area contributed by atoms with Gasteiger partial charge in [-0.3, -0.25) is 24.2 Å². The first kappa shape index (κ1) is 28.0. The van der Waals surface area contributed by atoms with Crippen LogP contribution in [-0.2, 0) is 24.0 Å². The maximum Gasteiger partial charge on any atom is 0.326 e. The zero-order valence-corrected chi connectivity index (χ0v) is 18.8. The molecule has 0 aromatic carbocycles. The number of nitrogens with one attached hydrogen (secondary N) is 4. The second-order valence-electron chi connectivity index (χ2n) is 7.40. The van der Waals surface area contributed by atoms with E-state index in [1.165, 1.54) is 0 Å². The van der Waals surface area contributed by atoms with Crippen molar-refractivity contribution >= 4 is 48.2 Å². The summed E-state index contributed by atoms with van der Waals surface area (Å²) in [6, 6.07) is -4.40. The molecule has 186 valence electrons. The van der Waals surface area contributed by atoms with Gasteiger partial charge in [-0.25, -0.2) is 4.79 Å². The topological polar surface area (TPSA) is 238 Å². The Kier molecular flexibility index (Phi) is 12.0. The van der Waals surface area contributed by atoms with E-state index in [0.717, 1.165) is 6.42 Å². The number of carboxylic acids is 2. The van der Waals surface area contributed by atoms with Crippen LogP contribution in [0.25, 0.3) is 0 Å². The number of hydrogen-bond acceptors (Lipinski definition) is 8. The molecule has 0 aliphatic carbocycles. The van der Waals surface area contributed by atoms with Crippen LogP contribution in [0, 0.1) is 0 Å². The van der Waals surface area contributed by atoms with E-state index < -0.39 is 54.3 Å². The van der Waals surface area contributed by atoms with Crippen molar-refractivity contribution in [3.05, 3.63) is 0 Å². The molecule has 1 saturated heterocycles. The quantitative estimate of drug-likeness (QED) is 0.0510. The lowest BCUT2D eigenvalue weighted by Gasteiger charge is -2.24. The lowest BCUT2D eigenvalue weighted by molar-refractivity contribution is -0.147. The average Bonchev–Trinajstić information content (AvgIpc) is 3.27. The third-order valence-electron chi connectivity index (χ3n) is 4.76. The maximum atomic E-state index is 12.8. The standard InChI is InChI=1S/C18H31N7O7S/c19-18(20)22-6-2-4-10(23-14(28)9-3-1-5-21-9)15(29)25-12(8-33)16(30)24-11(17(31)32)7-13(26)27/h9-12,21,33H,1-8H2,(H,23,28)(H,24,30)(H,25,29)(H,26,27)(H,31,32)(H4,19,20,22). The van der Waals surface area contributed by atoms with E-state index in [1.54, 1.807) is 0 Å². The molecule has 0 saturated carbocycles. The summed E-state index contributed by atoms with van der Waals surface area (Å²) in [5, 5.41) is 28.1. The fourth-order valence-electron chi connectivity index (χ4n) is 3.07. The number of nitrogens with two attached hydrogens (primary N) is 2. The minimum atomic E-state index is -1.68. The molecule has 1 fully saturated rings. The number of amides is 3. The molecule has 1 heterocycles. The third-order valence-corrected chi connectivity index (χ3v) is 5.13. The van der Waals surface area contributed by atoms with E-state index in [4.69, 9.17) is 21.7 Å². The molecule has 0 radical (unpaired) electrons. The van der Waals surface area contributed by atoms with Crippen molar-refractivity contribution in [1.29, 1.82) is 0 Å². The Morgan fingerprint density at radius 3 is 2.18 bits per heavy atom. The highest BCUT2D eigenvalue weighted by molar-refractivity contribution is 7.80. The summed E-state index contributed by atoms with van der Waals surface area (Å²) in [4.78, 5) is 63.6. The van der Waals surface area contributed by atoms with Gasteiger partial charge in [0.05, 0.1) is 12.5 Å². The van der Waals surface area contributed by atoms with Crippen LogP contribution < -0.4 is 32.7 Å². The van der Waals surface area contributed by atoms with Crippen LogP contribution in [0.5, 0.6) is 0 Å². The molecule has 15 heteroatoms. The Bertz CT molecular complexity index is 754. The molecule has 0 spiro atoms. The van der Waals surface area contributed by atoms with Crippen molar-refractivity contribution < 1.29 is 34.2 Å².